The summed E-state index contributed by atoms with van der Waals surface area (Å²) in [6, 6.07) is -0.994. The Bertz CT molecular complexity index is 330. The van der Waals surface area contributed by atoms with E-state index in [0.29, 0.717) is 13.0 Å². The molecule has 17 heavy (non-hydrogen) atoms. The van der Waals surface area contributed by atoms with Gasteiger partial charge in [-0.05, 0) is 6.42 Å². The fourth-order valence-corrected chi connectivity index (χ4v) is 1.45. The van der Waals surface area contributed by atoms with Gasteiger partial charge in [-0.3, -0.25) is 4.79 Å². The third-order valence-electron chi connectivity index (χ3n) is 2.55. The molecule has 0 bridgehead atoms. The minimum atomic E-state index is -1.07. The number of carboxylic acids is 1. The quantitative estimate of drug-likeness (QED) is 0.721. The Morgan fingerprint density at radius 2 is 2.06 bits per heavy atom. The van der Waals surface area contributed by atoms with Crippen LogP contribution in [0.25, 0.3) is 0 Å². The van der Waals surface area contributed by atoms with E-state index in [4.69, 9.17) is 9.84 Å². The Balaban J connectivity index is 2.70. The first-order chi connectivity index (χ1) is 7.82. The number of amides is 1. The van der Waals surface area contributed by atoms with E-state index in [1.165, 1.54) is 0 Å². The molecular formula is C12H19NO4. The molecule has 0 aromatic heterocycles. The number of ether oxygens (including phenoxy) is 1. The van der Waals surface area contributed by atoms with Gasteiger partial charge in [0.1, 0.15) is 0 Å². The predicted octanol–water partition coefficient (Wildman–Crippen LogP) is 0.947. The maximum atomic E-state index is 11.8. The van der Waals surface area contributed by atoms with Gasteiger partial charge >= 0.3 is 5.97 Å². The molecule has 5 heteroatoms. The van der Waals surface area contributed by atoms with E-state index in [2.05, 4.69) is 5.32 Å². The van der Waals surface area contributed by atoms with Gasteiger partial charge in [0.2, 0.25) is 5.91 Å². The second-order valence-electron chi connectivity index (χ2n) is 5.12. The van der Waals surface area contributed by atoms with Gasteiger partial charge in [-0.2, -0.15) is 0 Å². The number of carbonyl (C=O) groups is 2. The molecule has 96 valence electrons. The first kappa shape index (κ1) is 13.7. The van der Waals surface area contributed by atoms with E-state index in [-0.39, 0.29) is 5.91 Å². The van der Waals surface area contributed by atoms with Crippen molar-refractivity contribution < 1.29 is 19.4 Å². The maximum absolute atomic E-state index is 11.8. The summed E-state index contributed by atoms with van der Waals surface area (Å²) in [5.74, 6) is -1.36. The lowest BCUT2D eigenvalue weighted by Crippen LogP contribution is -2.52. The topological polar surface area (TPSA) is 75.6 Å². The Kier molecular flexibility index (Phi) is 4.28. The number of hydrogen-bond acceptors (Lipinski definition) is 3. The summed E-state index contributed by atoms with van der Waals surface area (Å²) in [6.45, 7) is 5.61. The fourth-order valence-electron chi connectivity index (χ4n) is 1.45. The fraction of sp³-hybridized carbons (Fsp3) is 0.667. The molecule has 0 aliphatic carbocycles. The molecule has 1 aliphatic rings. The number of nitrogens with one attached hydrogen (secondary N) is 1. The summed E-state index contributed by atoms with van der Waals surface area (Å²) in [4.78, 5) is 22.9. The van der Waals surface area contributed by atoms with Crippen molar-refractivity contribution in [2.24, 2.45) is 5.41 Å². The summed E-state index contributed by atoms with van der Waals surface area (Å²) in [5.41, 5.74) is -0.613. The van der Waals surface area contributed by atoms with Crippen molar-refractivity contribution in [2.45, 2.75) is 39.3 Å². The molecule has 0 aromatic carbocycles. The van der Waals surface area contributed by atoms with Crippen LogP contribution in [0.2, 0.25) is 0 Å². The van der Waals surface area contributed by atoms with Crippen molar-refractivity contribution in [1.29, 1.82) is 0 Å². The summed E-state index contributed by atoms with van der Waals surface area (Å²) in [6.07, 6.45) is 3.71. The van der Waals surface area contributed by atoms with E-state index >= 15 is 0 Å². The number of hydrogen-bond donors (Lipinski definition) is 2. The highest BCUT2D eigenvalue weighted by molar-refractivity contribution is 5.87. The largest absolute Gasteiger partial charge is 0.480 e. The Morgan fingerprint density at radius 3 is 2.47 bits per heavy atom. The normalized spacial score (nSPS) is 21.9. The lowest BCUT2D eigenvalue weighted by molar-refractivity contribution is -0.148. The first-order valence-corrected chi connectivity index (χ1v) is 5.62. The molecule has 0 aromatic rings. The molecule has 2 N–H and O–H groups in total. The van der Waals surface area contributed by atoms with Crippen LogP contribution in [0.1, 0.15) is 27.2 Å². The van der Waals surface area contributed by atoms with Gasteiger partial charge in [-0.15, -0.1) is 0 Å². The minimum absolute atomic E-state index is 0.289. The molecule has 2 atom stereocenters. The van der Waals surface area contributed by atoms with Crippen molar-refractivity contribution in [3.8, 4) is 0 Å². The van der Waals surface area contributed by atoms with E-state index in [1.807, 2.05) is 12.2 Å². The van der Waals surface area contributed by atoms with Crippen LogP contribution in [0, 0.1) is 5.41 Å². The van der Waals surface area contributed by atoms with Crippen LogP contribution < -0.4 is 5.32 Å². The Labute approximate surface area is 101 Å². The predicted molar refractivity (Wildman–Crippen MR) is 62.5 cm³/mol. The van der Waals surface area contributed by atoms with Gasteiger partial charge in [0.05, 0.1) is 12.7 Å². The standard InChI is InChI=1S/C12H19NO4/c1-12(2,3)11(16)13-9(10(14)15)8-6-4-5-7-17-8/h4-5,8-9H,6-7H2,1-3H3,(H,13,16)(H,14,15)/t8-,9-/m0/s1. The monoisotopic (exact) mass is 241 g/mol. The van der Waals surface area contributed by atoms with E-state index in [0.717, 1.165) is 0 Å². The molecule has 0 fully saturated rings. The van der Waals surface area contributed by atoms with Crippen LogP contribution in [0.15, 0.2) is 12.2 Å². The van der Waals surface area contributed by atoms with Crippen molar-refractivity contribution in [3.05, 3.63) is 12.2 Å². The van der Waals surface area contributed by atoms with E-state index in [1.54, 1.807) is 20.8 Å². The second-order valence-corrected chi connectivity index (χ2v) is 5.12. The summed E-state index contributed by atoms with van der Waals surface area (Å²) in [7, 11) is 0. The molecule has 0 radical (unpaired) electrons. The molecule has 0 saturated carbocycles. The third-order valence-corrected chi connectivity index (χ3v) is 2.55. The average Bonchev–Trinajstić information content (AvgIpc) is 2.25. The van der Waals surface area contributed by atoms with Gasteiger partial charge in [0.25, 0.3) is 0 Å². The lowest BCUT2D eigenvalue weighted by atomic mass is 9.94. The van der Waals surface area contributed by atoms with Gasteiger partial charge in [0.15, 0.2) is 6.04 Å². The van der Waals surface area contributed by atoms with Crippen molar-refractivity contribution in [3.63, 3.8) is 0 Å². The van der Waals surface area contributed by atoms with Crippen LogP contribution in [0.4, 0.5) is 0 Å². The van der Waals surface area contributed by atoms with Crippen LogP contribution in [-0.2, 0) is 14.3 Å². The maximum Gasteiger partial charge on any atom is 0.328 e. The van der Waals surface area contributed by atoms with Crippen molar-refractivity contribution in [2.75, 3.05) is 6.61 Å². The average molecular weight is 241 g/mol. The van der Waals surface area contributed by atoms with Gasteiger partial charge in [-0.1, -0.05) is 32.9 Å². The molecule has 0 unspecified atom stereocenters. The Morgan fingerprint density at radius 1 is 1.41 bits per heavy atom. The first-order valence-electron chi connectivity index (χ1n) is 5.62. The smallest absolute Gasteiger partial charge is 0.328 e. The molecule has 1 amide bonds. The highest BCUT2D eigenvalue weighted by Crippen LogP contribution is 2.16. The van der Waals surface area contributed by atoms with Gasteiger partial charge in [-0.25, -0.2) is 4.79 Å². The molecule has 0 spiro atoms. The molecular weight excluding hydrogens is 222 g/mol. The number of carbonyl (C=O) groups excluding carboxylic acids is 1. The molecule has 1 rings (SSSR count). The van der Waals surface area contributed by atoms with E-state index in [9.17, 15) is 9.59 Å². The highest BCUT2D eigenvalue weighted by Gasteiger charge is 2.33. The lowest BCUT2D eigenvalue weighted by Gasteiger charge is -2.28. The van der Waals surface area contributed by atoms with Crippen LogP contribution in [-0.4, -0.2) is 35.7 Å². The molecule has 5 nitrogen and oxygen atoms in total. The Hall–Kier alpha value is -1.36. The number of carboxylic acid groups (broad SMARTS) is 1. The second kappa shape index (κ2) is 5.31. The van der Waals surface area contributed by atoms with Crippen molar-refractivity contribution >= 4 is 11.9 Å². The number of aliphatic carboxylic acids is 1. The molecule has 1 aliphatic heterocycles. The number of rotatable bonds is 3. The molecule has 1 heterocycles. The van der Waals surface area contributed by atoms with Crippen LogP contribution in [0.5, 0.6) is 0 Å². The van der Waals surface area contributed by atoms with Crippen molar-refractivity contribution in [1.82, 2.24) is 5.32 Å². The highest BCUT2D eigenvalue weighted by atomic mass is 16.5. The summed E-state index contributed by atoms with van der Waals surface area (Å²) in [5, 5.41) is 11.7. The SMILES string of the molecule is CC(C)(C)C(=O)N[C@H](C(=O)O)[C@@H]1CC=CCO1. The zero-order valence-corrected chi connectivity index (χ0v) is 10.4. The third kappa shape index (κ3) is 3.85. The van der Waals surface area contributed by atoms with Gasteiger partial charge in [0, 0.05) is 5.41 Å². The zero-order chi connectivity index (χ0) is 13.1. The minimum Gasteiger partial charge on any atom is -0.480 e. The van der Waals surface area contributed by atoms with Crippen LogP contribution in [0.3, 0.4) is 0 Å². The molecule has 0 saturated heterocycles. The van der Waals surface area contributed by atoms with Gasteiger partial charge < -0.3 is 15.2 Å². The zero-order valence-electron chi connectivity index (χ0n) is 10.4. The summed E-state index contributed by atoms with van der Waals surface area (Å²) < 4.78 is 5.33. The van der Waals surface area contributed by atoms with E-state index < -0.39 is 23.5 Å². The summed E-state index contributed by atoms with van der Waals surface area (Å²) >= 11 is 0. The van der Waals surface area contributed by atoms with Crippen LogP contribution >= 0.6 is 0 Å².